The fourth-order valence-corrected chi connectivity index (χ4v) is 3.09. The van der Waals surface area contributed by atoms with Crippen molar-refractivity contribution >= 4 is 23.3 Å². The Morgan fingerprint density at radius 3 is 2.27 bits per heavy atom. The van der Waals surface area contributed by atoms with Gasteiger partial charge in [-0.05, 0) is 18.6 Å². The van der Waals surface area contributed by atoms with E-state index in [-0.39, 0.29) is 18.2 Å². The van der Waals surface area contributed by atoms with Gasteiger partial charge < -0.3 is 5.32 Å². The van der Waals surface area contributed by atoms with Crippen LogP contribution in [0.5, 0.6) is 0 Å². The number of unbranched alkanes of at least 4 members (excludes halogenated alkanes) is 8. The van der Waals surface area contributed by atoms with E-state index in [0.717, 1.165) is 18.5 Å². The van der Waals surface area contributed by atoms with E-state index in [2.05, 4.69) is 17.3 Å². The van der Waals surface area contributed by atoms with E-state index in [4.69, 9.17) is 0 Å². The van der Waals surface area contributed by atoms with Crippen molar-refractivity contribution in [3.8, 4) is 0 Å². The first-order valence-corrected chi connectivity index (χ1v) is 9.96. The maximum atomic E-state index is 12.1. The van der Waals surface area contributed by atoms with Gasteiger partial charge in [-0.2, -0.15) is 10.1 Å². The maximum Gasteiger partial charge on any atom is 0.255 e. The van der Waals surface area contributed by atoms with Crippen molar-refractivity contribution in [1.29, 1.82) is 0 Å². The van der Waals surface area contributed by atoms with Crippen LogP contribution in [0.2, 0.25) is 0 Å². The van der Waals surface area contributed by atoms with Crippen molar-refractivity contribution in [1.82, 2.24) is 5.32 Å². The van der Waals surface area contributed by atoms with E-state index in [1.807, 2.05) is 30.3 Å². The standard InChI is InChI=1S/C21H31N3O2/c1-2-3-4-5-6-7-8-9-13-16-20(25)22-19-17-21(26)24(23-19)18-14-11-10-12-15-18/h10-12,14-15H,2-9,13,16-17H2,1H3,(H,22,23,25). The Morgan fingerprint density at radius 2 is 1.62 bits per heavy atom. The Labute approximate surface area is 156 Å². The van der Waals surface area contributed by atoms with E-state index in [1.54, 1.807) is 0 Å². The Balaban J connectivity index is 1.60. The van der Waals surface area contributed by atoms with Gasteiger partial charge in [0.05, 0.1) is 12.1 Å². The summed E-state index contributed by atoms with van der Waals surface area (Å²) in [5.74, 6) is 0.281. The van der Waals surface area contributed by atoms with Crippen LogP contribution in [0.15, 0.2) is 35.4 Å². The summed E-state index contributed by atoms with van der Waals surface area (Å²) < 4.78 is 0. The molecule has 1 aromatic rings. The van der Waals surface area contributed by atoms with Crippen LogP contribution < -0.4 is 10.3 Å². The van der Waals surface area contributed by atoms with Gasteiger partial charge in [0.25, 0.3) is 5.91 Å². The first-order valence-electron chi connectivity index (χ1n) is 9.96. The number of amidine groups is 1. The molecule has 0 fully saturated rings. The third kappa shape index (κ3) is 6.98. The van der Waals surface area contributed by atoms with E-state index >= 15 is 0 Å². The van der Waals surface area contributed by atoms with E-state index < -0.39 is 0 Å². The first kappa shape index (κ1) is 20.1. The van der Waals surface area contributed by atoms with Crippen LogP contribution >= 0.6 is 0 Å². The largest absolute Gasteiger partial charge is 0.312 e. The van der Waals surface area contributed by atoms with Gasteiger partial charge in [0.1, 0.15) is 5.84 Å². The zero-order valence-electron chi connectivity index (χ0n) is 15.9. The van der Waals surface area contributed by atoms with E-state index in [0.29, 0.717) is 12.3 Å². The molecule has 0 bridgehead atoms. The molecule has 0 aliphatic carbocycles. The second-order valence-corrected chi connectivity index (χ2v) is 6.89. The van der Waals surface area contributed by atoms with Crippen LogP contribution in [0.1, 0.15) is 77.6 Å². The van der Waals surface area contributed by atoms with Crippen LogP contribution in [0.3, 0.4) is 0 Å². The average Bonchev–Trinajstić information content (AvgIpc) is 3.01. The number of nitrogens with zero attached hydrogens (tertiary/aromatic N) is 2. The highest BCUT2D eigenvalue weighted by atomic mass is 16.2. The number of hydrazone groups is 1. The number of para-hydroxylation sites is 1. The fourth-order valence-electron chi connectivity index (χ4n) is 3.09. The second-order valence-electron chi connectivity index (χ2n) is 6.89. The Morgan fingerprint density at radius 1 is 1.00 bits per heavy atom. The Bertz CT molecular complexity index is 599. The van der Waals surface area contributed by atoms with Gasteiger partial charge in [-0.15, -0.1) is 0 Å². The number of nitrogens with one attached hydrogen (secondary N) is 1. The summed E-state index contributed by atoms with van der Waals surface area (Å²) >= 11 is 0. The lowest BCUT2D eigenvalue weighted by Crippen LogP contribution is -2.29. The lowest BCUT2D eigenvalue weighted by atomic mass is 10.1. The molecule has 1 aliphatic rings. The molecule has 0 saturated carbocycles. The fraction of sp³-hybridized carbons (Fsp3) is 0.571. The van der Waals surface area contributed by atoms with Crippen LogP contribution in [-0.2, 0) is 9.59 Å². The SMILES string of the molecule is CCCCCCCCCCCC(=O)NC1=NN(c2ccccc2)C(=O)C1. The molecule has 5 nitrogen and oxygen atoms in total. The highest BCUT2D eigenvalue weighted by molar-refractivity contribution is 6.15. The normalized spacial score (nSPS) is 13.8. The predicted octanol–water partition coefficient (Wildman–Crippen LogP) is 4.77. The molecule has 2 rings (SSSR count). The van der Waals surface area contributed by atoms with Crippen molar-refractivity contribution in [3.63, 3.8) is 0 Å². The number of anilines is 1. The number of carbonyl (C=O) groups is 2. The minimum atomic E-state index is -0.116. The van der Waals surface area contributed by atoms with Crippen molar-refractivity contribution < 1.29 is 9.59 Å². The number of benzene rings is 1. The molecule has 1 N–H and O–H groups in total. The second kappa shape index (κ2) is 11.4. The zero-order valence-corrected chi connectivity index (χ0v) is 15.9. The first-order chi connectivity index (χ1) is 12.7. The topological polar surface area (TPSA) is 61.8 Å². The van der Waals surface area contributed by atoms with Gasteiger partial charge in [-0.1, -0.05) is 76.5 Å². The van der Waals surface area contributed by atoms with Gasteiger partial charge in [-0.25, -0.2) is 0 Å². The minimum Gasteiger partial charge on any atom is -0.312 e. The molecule has 0 saturated heterocycles. The zero-order chi connectivity index (χ0) is 18.6. The van der Waals surface area contributed by atoms with Gasteiger partial charge in [0.2, 0.25) is 5.91 Å². The molecule has 1 aromatic carbocycles. The molecule has 0 atom stereocenters. The third-order valence-electron chi connectivity index (χ3n) is 4.57. The molecule has 1 aliphatic heterocycles. The van der Waals surface area contributed by atoms with Crippen molar-refractivity contribution in [2.45, 2.75) is 77.6 Å². The van der Waals surface area contributed by atoms with Crippen molar-refractivity contribution in [2.75, 3.05) is 5.01 Å². The number of hydrogen-bond acceptors (Lipinski definition) is 3. The van der Waals surface area contributed by atoms with Gasteiger partial charge >= 0.3 is 0 Å². The third-order valence-corrected chi connectivity index (χ3v) is 4.57. The van der Waals surface area contributed by atoms with Crippen LogP contribution in [0.25, 0.3) is 0 Å². The summed E-state index contributed by atoms with van der Waals surface area (Å²) in [5.41, 5.74) is 0.723. The van der Waals surface area contributed by atoms with Crippen LogP contribution in [-0.4, -0.2) is 17.6 Å². The average molecular weight is 357 g/mol. The summed E-state index contributed by atoms with van der Waals surface area (Å²) in [5, 5.41) is 8.38. The van der Waals surface area contributed by atoms with E-state index in [9.17, 15) is 9.59 Å². The summed E-state index contributed by atoms with van der Waals surface area (Å²) in [4.78, 5) is 24.1. The van der Waals surface area contributed by atoms with Gasteiger partial charge in [0, 0.05) is 6.42 Å². The molecule has 0 spiro atoms. The molecule has 5 heteroatoms. The highest BCUT2D eigenvalue weighted by Crippen LogP contribution is 2.19. The van der Waals surface area contributed by atoms with Crippen molar-refractivity contribution in [2.24, 2.45) is 5.10 Å². The Hall–Kier alpha value is -2.17. The molecule has 1 heterocycles. The lowest BCUT2D eigenvalue weighted by molar-refractivity contribution is -0.119. The quantitative estimate of drug-likeness (QED) is 0.580. The highest BCUT2D eigenvalue weighted by Gasteiger charge is 2.25. The Kier molecular flexibility index (Phi) is 8.87. The summed E-state index contributed by atoms with van der Waals surface area (Å²) in [6, 6.07) is 9.27. The lowest BCUT2D eigenvalue weighted by Gasteiger charge is -2.10. The summed E-state index contributed by atoms with van der Waals surface area (Å²) in [7, 11) is 0. The number of amides is 2. The molecule has 0 radical (unpaired) electrons. The number of rotatable bonds is 11. The van der Waals surface area contributed by atoms with Crippen LogP contribution in [0.4, 0.5) is 5.69 Å². The van der Waals surface area contributed by atoms with Gasteiger partial charge in [-0.3, -0.25) is 9.59 Å². The minimum absolute atomic E-state index is 0.0468. The number of hydrogen-bond donors (Lipinski definition) is 1. The summed E-state index contributed by atoms with van der Waals surface area (Å²) in [6.45, 7) is 2.23. The molecule has 142 valence electrons. The predicted molar refractivity (Wildman–Crippen MR) is 106 cm³/mol. The molecule has 0 unspecified atom stereocenters. The summed E-state index contributed by atoms with van der Waals surface area (Å²) in [6.07, 6.45) is 11.7. The van der Waals surface area contributed by atoms with Crippen LogP contribution in [0, 0.1) is 0 Å². The molecular weight excluding hydrogens is 326 g/mol. The number of carbonyl (C=O) groups excluding carboxylic acids is 2. The molecule has 0 aromatic heterocycles. The maximum absolute atomic E-state index is 12.1. The van der Waals surface area contributed by atoms with E-state index in [1.165, 1.54) is 50.0 Å². The monoisotopic (exact) mass is 357 g/mol. The van der Waals surface area contributed by atoms with Gasteiger partial charge in [0.15, 0.2) is 0 Å². The molecule has 26 heavy (non-hydrogen) atoms. The molecular formula is C21H31N3O2. The molecule has 2 amide bonds. The smallest absolute Gasteiger partial charge is 0.255 e. The van der Waals surface area contributed by atoms with Crippen molar-refractivity contribution in [3.05, 3.63) is 30.3 Å².